The number of hydrogen-bond donors (Lipinski definition) is 2. The highest BCUT2D eigenvalue weighted by molar-refractivity contribution is 5.77. The van der Waals surface area contributed by atoms with E-state index in [0.717, 1.165) is 6.54 Å². The molecule has 0 aromatic rings. The number of aliphatic hydroxyl groups is 1. The Hall–Kier alpha value is -0.610. The quantitative estimate of drug-likeness (QED) is 0.608. The molecule has 1 atom stereocenters. The van der Waals surface area contributed by atoms with Gasteiger partial charge in [0.1, 0.15) is 0 Å². The lowest BCUT2D eigenvalue weighted by Crippen LogP contribution is -2.36. The Morgan fingerprint density at radius 3 is 2.69 bits per heavy atom. The van der Waals surface area contributed by atoms with Gasteiger partial charge in [0.2, 0.25) is 5.91 Å². The molecular formula is C9H20N2O2. The van der Waals surface area contributed by atoms with E-state index in [9.17, 15) is 4.79 Å². The zero-order chi connectivity index (χ0) is 10.3. The van der Waals surface area contributed by atoms with Crippen molar-refractivity contribution in [3.63, 3.8) is 0 Å². The van der Waals surface area contributed by atoms with Crippen LogP contribution >= 0.6 is 0 Å². The van der Waals surface area contributed by atoms with Gasteiger partial charge in [0.05, 0.1) is 12.6 Å². The lowest BCUT2D eigenvalue weighted by molar-refractivity contribution is -0.121. The number of likely N-dealkylation sites (N-methyl/N-ethyl adjacent to an activating group) is 2. The van der Waals surface area contributed by atoms with Crippen molar-refractivity contribution < 1.29 is 9.90 Å². The van der Waals surface area contributed by atoms with Gasteiger partial charge < -0.3 is 10.4 Å². The number of nitrogens with one attached hydrogen (secondary N) is 1. The van der Waals surface area contributed by atoms with E-state index in [1.807, 2.05) is 18.9 Å². The molecule has 0 saturated heterocycles. The monoisotopic (exact) mass is 188 g/mol. The maximum Gasteiger partial charge on any atom is 0.234 e. The average Bonchev–Trinajstić information content (AvgIpc) is 2.01. The molecule has 2 N–H and O–H groups in total. The molecule has 0 aromatic carbocycles. The van der Waals surface area contributed by atoms with Crippen LogP contribution < -0.4 is 5.32 Å². The van der Waals surface area contributed by atoms with Crippen LogP contribution in [0.25, 0.3) is 0 Å². The number of hydrogen-bond acceptors (Lipinski definition) is 3. The van der Waals surface area contributed by atoms with E-state index in [4.69, 9.17) is 5.11 Å². The minimum absolute atomic E-state index is 0.0376. The molecule has 1 amide bonds. The van der Waals surface area contributed by atoms with Gasteiger partial charge in [-0.1, -0.05) is 0 Å². The predicted molar refractivity (Wildman–Crippen MR) is 52.5 cm³/mol. The number of rotatable bonds is 6. The van der Waals surface area contributed by atoms with Crippen LogP contribution in [-0.4, -0.2) is 48.7 Å². The van der Waals surface area contributed by atoms with E-state index in [1.165, 1.54) is 0 Å². The van der Waals surface area contributed by atoms with Crippen LogP contribution in [0.15, 0.2) is 0 Å². The van der Waals surface area contributed by atoms with Crippen molar-refractivity contribution in [2.24, 2.45) is 0 Å². The fraction of sp³-hybridized carbons (Fsp3) is 0.889. The number of nitrogens with zero attached hydrogens (tertiary/aromatic N) is 1. The molecule has 4 heteroatoms. The van der Waals surface area contributed by atoms with Gasteiger partial charge in [0.15, 0.2) is 0 Å². The van der Waals surface area contributed by atoms with Gasteiger partial charge in [0.25, 0.3) is 0 Å². The van der Waals surface area contributed by atoms with Crippen molar-refractivity contribution in [1.29, 1.82) is 0 Å². The van der Waals surface area contributed by atoms with E-state index < -0.39 is 0 Å². The van der Waals surface area contributed by atoms with Crippen molar-refractivity contribution in [2.75, 3.05) is 26.7 Å². The van der Waals surface area contributed by atoms with Crippen molar-refractivity contribution in [3.8, 4) is 0 Å². The third-order valence-electron chi connectivity index (χ3n) is 1.72. The summed E-state index contributed by atoms with van der Waals surface area (Å²) < 4.78 is 0. The molecule has 0 fully saturated rings. The molecular weight excluding hydrogens is 168 g/mol. The molecule has 0 rings (SSSR count). The summed E-state index contributed by atoms with van der Waals surface area (Å²) in [5.74, 6) is 0.0376. The minimum atomic E-state index is -0.295. The second-order valence-corrected chi connectivity index (χ2v) is 3.33. The van der Waals surface area contributed by atoms with Gasteiger partial charge >= 0.3 is 0 Å². The van der Waals surface area contributed by atoms with Gasteiger partial charge in [0, 0.05) is 13.1 Å². The lowest BCUT2D eigenvalue weighted by atomic mass is 10.3. The molecule has 78 valence electrons. The molecule has 0 heterocycles. The Kier molecular flexibility index (Phi) is 6.54. The summed E-state index contributed by atoms with van der Waals surface area (Å²) >= 11 is 0. The molecule has 0 aliphatic rings. The summed E-state index contributed by atoms with van der Waals surface area (Å²) in [6, 6.07) is 0. The SMILES string of the molecule is CCNC(=O)CN(C)CCC(C)O. The van der Waals surface area contributed by atoms with Crippen LogP contribution in [0.1, 0.15) is 20.3 Å². The molecule has 13 heavy (non-hydrogen) atoms. The van der Waals surface area contributed by atoms with Gasteiger partial charge in [-0.2, -0.15) is 0 Å². The molecule has 0 saturated carbocycles. The van der Waals surface area contributed by atoms with Crippen LogP contribution in [0.4, 0.5) is 0 Å². The van der Waals surface area contributed by atoms with E-state index in [1.54, 1.807) is 6.92 Å². The molecule has 0 spiro atoms. The maximum atomic E-state index is 11.1. The molecule has 1 unspecified atom stereocenters. The topological polar surface area (TPSA) is 52.6 Å². The molecule has 0 aliphatic carbocycles. The van der Waals surface area contributed by atoms with Crippen LogP contribution in [0.2, 0.25) is 0 Å². The molecule has 0 aliphatic heterocycles. The van der Waals surface area contributed by atoms with Crippen LogP contribution in [0, 0.1) is 0 Å². The first kappa shape index (κ1) is 12.4. The highest BCUT2D eigenvalue weighted by atomic mass is 16.3. The van der Waals surface area contributed by atoms with Crippen molar-refractivity contribution >= 4 is 5.91 Å². The molecule has 0 aromatic heterocycles. The summed E-state index contributed by atoms with van der Waals surface area (Å²) in [4.78, 5) is 13.0. The average molecular weight is 188 g/mol. The number of amides is 1. The molecule has 0 bridgehead atoms. The van der Waals surface area contributed by atoms with E-state index >= 15 is 0 Å². The number of aliphatic hydroxyl groups excluding tert-OH is 1. The third-order valence-corrected chi connectivity index (χ3v) is 1.72. The van der Waals surface area contributed by atoms with Gasteiger partial charge in [-0.05, 0) is 27.3 Å². The standard InChI is InChI=1S/C9H20N2O2/c1-4-10-9(13)7-11(3)6-5-8(2)12/h8,12H,4-7H2,1-3H3,(H,10,13). The van der Waals surface area contributed by atoms with Crippen LogP contribution in [0.3, 0.4) is 0 Å². The number of carbonyl (C=O) groups is 1. The fourth-order valence-electron chi connectivity index (χ4n) is 0.985. The Bertz CT molecular complexity index is 149. The largest absolute Gasteiger partial charge is 0.393 e. The summed E-state index contributed by atoms with van der Waals surface area (Å²) in [7, 11) is 1.87. The second-order valence-electron chi connectivity index (χ2n) is 3.33. The Morgan fingerprint density at radius 2 is 2.23 bits per heavy atom. The second kappa shape index (κ2) is 6.86. The van der Waals surface area contributed by atoms with Gasteiger partial charge in [-0.3, -0.25) is 9.69 Å². The normalized spacial score (nSPS) is 13.0. The highest BCUT2D eigenvalue weighted by Crippen LogP contribution is 1.92. The first-order valence-corrected chi connectivity index (χ1v) is 4.69. The van der Waals surface area contributed by atoms with Crippen molar-refractivity contribution in [3.05, 3.63) is 0 Å². The zero-order valence-corrected chi connectivity index (χ0v) is 8.71. The summed E-state index contributed by atoms with van der Waals surface area (Å²) in [6.07, 6.45) is 0.410. The van der Waals surface area contributed by atoms with Crippen molar-refractivity contribution in [1.82, 2.24) is 10.2 Å². The number of carbonyl (C=O) groups excluding carboxylic acids is 1. The minimum Gasteiger partial charge on any atom is -0.393 e. The first-order valence-electron chi connectivity index (χ1n) is 4.69. The van der Waals surface area contributed by atoms with Crippen molar-refractivity contribution in [2.45, 2.75) is 26.4 Å². The Morgan fingerprint density at radius 1 is 1.62 bits per heavy atom. The van der Waals surface area contributed by atoms with E-state index in [0.29, 0.717) is 19.5 Å². The van der Waals surface area contributed by atoms with Gasteiger partial charge in [-0.15, -0.1) is 0 Å². The Balaban J connectivity index is 3.49. The molecule has 0 radical (unpaired) electrons. The zero-order valence-electron chi connectivity index (χ0n) is 8.71. The predicted octanol–water partition coefficient (Wildman–Crippen LogP) is -0.175. The lowest BCUT2D eigenvalue weighted by Gasteiger charge is -2.16. The Labute approximate surface area is 79.9 Å². The summed E-state index contributed by atoms with van der Waals surface area (Å²) in [5, 5.41) is 11.7. The summed E-state index contributed by atoms with van der Waals surface area (Å²) in [5.41, 5.74) is 0. The van der Waals surface area contributed by atoms with E-state index in [2.05, 4.69) is 5.32 Å². The first-order chi connectivity index (χ1) is 6.06. The van der Waals surface area contributed by atoms with Crippen LogP contribution in [0.5, 0.6) is 0 Å². The van der Waals surface area contributed by atoms with Crippen LogP contribution in [-0.2, 0) is 4.79 Å². The maximum absolute atomic E-state index is 11.1. The van der Waals surface area contributed by atoms with E-state index in [-0.39, 0.29) is 12.0 Å². The fourth-order valence-corrected chi connectivity index (χ4v) is 0.985. The third kappa shape index (κ3) is 7.74. The summed E-state index contributed by atoms with van der Waals surface area (Å²) in [6.45, 7) is 5.46. The smallest absolute Gasteiger partial charge is 0.234 e. The molecule has 4 nitrogen and oxygen atoms in total. The highest BCUT2D eigenvalue weighted by Gasteiger charge is 2.05. The van der Waals surface area contributed by atoms with Gasteiger partial charge in [-0.25, -0.2) is 0 Å².